The van der Waals surface area contributed by atoms with Gasteiger partial charge in [0.1, 0.15) is 24.4 Å². The van der Waals surface area contributed by atoms with Crippen molar-refractivity contribution in [3.05, 3.63) is 35.9 Å². The summed E-state index contributed by atoms with van der Waals surface area (Å²) < 4.78 is 10.5. The van der Waals surface area contributed by atoms with Gasteiger partial charge in [-0.2, -0.15) is 0 Å². The minimum absolute atomic E-state index is 0.0233. The number of ether oxygens (including phenoxy) is 2. The van der Waals surface area contributed by atoms with Crippen LogP contribution < -0.4 is 0 Å². The maximum absolute atomic E-state index is 12.3. The standard InChI is InChI=1S/C20H28O5/c1-14(2)17(11-16(21)12-18(22)25-20(3,4)5)19(23)24-13-15-9-7-6-8-10-15/h6-10,14,17H,11-13H2,1-5H3/t17-/m0/s1. The fraction of sp³-hybridized carbons (Fsp3) is 0.550. The summed E-state index contributed by atoms with van der Waals surface area (Å²) in [6, 6.07) is 9.36. The minimum Gasteiger partial charge on any atom is -0.461 e. The second-order valence-corrected chi connectivity index (χ2v) is 7.45. The van der Waals surface area contributed by atoms with E-state index in [1.54, 1.807) is 20.8 Å². The van der Waals surface area contributed by atoms with E-state index >= 15 is 0 Å². The number of benzene rings is 1. The average molecular weight is 348 g/mol. The number of hydrogen-bond donors (Lipinski definition) is 0. The Kier molecular flexibility index (Phi) is 7.81. The molecule has 0 amide bonds. The highest BCUT2D eigenvalue weighted by molar-refractivity contribution is 5.97. The molecule has 0 aliphatic heterocycles. The van der Waals surface area contributed by atoms with Crippen molar-refractivity contribution in [1.29, 1.82) is 0 Å². The van der Waals surface area contributed by atoms with Gasteiger partial charge < -0.3 is 9.47 Å². The third kappa shape index (κ3) is 8.47. The number of carbonyl (C=O) groups excluding carboxylic acids is 3. The summed E-state index contributed by atoms with van der Waals surface area (Å²) in [5, 5.41) is 0. The first kappa shape index (κ1) is 20.9. The van der Waals surface area contributed by atoms with Gasteiger partial charge in [0.25, 0.3) is 0 Å². The maximum atomic E-state index is 12.3. The van der Waals surface area contributed by atoms with E-state index in [0.717, 1.165) is 5.56 Å². The van der Waals surface area contributed by atoms with Crippen LogP contribution in [0, 0.1) is 11.8 Å². The molecule has 0 saturated heterocycles. The van der Waals surface area contributed by atoms with Crippen molar-refractivity contribution in [2.75, 3.05) is 0 Å². The summed E-state index contributed by atoms with van der Waals surface area (Å²) in [4.78, 5) is 36.2. The van der Waals surface area contributed by atoms with Crippen molar-refractivity contribution in [2.45, 2.75) is 59.7 Å². The lowest BCUT2D eigenvalue weighted by atomic mass is 9.90. The fourth-order valence-corrected chi connectivity index (χ4v) is 2.28. The van der Waals surface area contributed by atoms with E-state index in [-0.39, 0.29) is 31.1 Å². The largest absolute Gasteiger partial charge is 0.461 e. The molecule has 1 aromatic rings. The Labute approximate surface area is 149 Å². The number of ketones is 1. The van der Waals surface area contributed by atoms with Gasteiger partial charge in [0.05, 0.1) is 5.92 Å². The van der Waals surface area contributed by atoms with E-state index in [2.05, 4.69) is 0 Å². The zero-order valence-electron chi connectivity index (χ0n) is 15.7. The van der Waals surface area contributed by atoms with E-state index in [0.29, 0.717) is 0 Å². The van der Waals surface area contributed by atoms with Gasteiger partial charge in [-0.15, -0.1) is 0 Å². The second kappa shape index (κ2) is 9.35. The summed E-state index contributed by atoms with van der Waals surface area (Å²) in [7, 11) is 0. The van der Waals surface area contributed by atoms with Crippen molar-refractivity contribution < 1.29 is 23.9 Å². The molecule has 0 saturated carbocycles. The van der Waals surface area contributed by atoms with Crippen LogP contribution in [0.25, 0.3) is 0 Å². The molecule has 1 aromatic carbocycles. The molecular weight excluding hydrogens is 320 g/mol. The molecule has 0 aromatic heterocycles. The predicted octanol–water partition coefficient (Wildman–Crippen LogP) is 3.69. The monoisotopic (exact) mass is 348 g/mol. The van der Waals surface area contributed by atoms with Crippen molar-refractivity contribution >= 4 is 17.7 Å². The molecule has 1 rings (SSSR count). The topological polar surface area (TPSA) is 69.7 Å². The second-order valence-electron chi connectivity index (χ2n) is 7.45. The third-order valence-electron chi connectivity index (χ3n) is 3.54. The first-order chi connectivity index (χ1) is 11.6. The molecule has 0 unspecified atom stereocenters. The van der Waals surface area contributed by atoms with E-state index < -0.39 is 23.5 Å². The molecule has 138 valence electrons. The van der Waals surface area contributed by atoms with Crippen molar-refractivity contribution in [3.8, 4) is 0 Å². The first-order valence-electron chi connectivity index (χ1n) is 8.52. The summed E-state index contributed by atoms with van der Waals surface area (Å²) in [6.07, 6.45) is -0.350. The lowest BCUT2D eigenvalue weighted by molar-refractivity contribution is -0.158. The summed E-state index contributed by atoms with van der Waals surface area (Å²) in [6.45, 7) is 9.11. The Morgan fingerprint density at radius 2 is 1.64 bits per heavy atom. The molecule has 0 radical (unpaired) electrons. The highest BCUT2D eigenvalue weighted by Gasteiger charge is 2.28. The summed E-state index contributed by atoms with van der Waals surface area (Å²) in [5.74, 6) is -1.94. The van der Waals surface area contributed by atoms with Crippen LogP contribution in [0.4, 0.5) is 0 Å². The van der Waals surface area contributed by atoms with Crippen LogP contribution in [0.15, 0.2) is 30.3 Å². The Morgan fingerprint density at radius 3 is 2.16 bits per heavy atom. The lowest BCUT2D eigenvalue weighted by Gasteiger charge is -2.21. The molecule has 0 aliphatic carbocycles. The lowest BCUT2D eigenvalue weighted by Crippen LogP contribution is -2.28. The number of carbonyl (C=O) groups is 3. The molecular formula is C20H28O5. The van der Waals surface area contributed by atoms with Crippen LogP contribution in [0.2, 0.25) is 0 Å². The van der Waals surface area contributed by atoms with Crippen molar-refractivity contribution in [3.63, 3.8) is 0 Å². The Morgan fingerprint density at radius 1 is 1.04 bits per heavy atom. The van der Waals surface area contributed by atoms with Gasteiger partial charge in [0.15, 0.2) is 0 Å². The van der Waals surface area contributed by atoms with Crippen molar-refractivity contribution in [2.24, 2.45) is 11.8 Å². The molecule has 0 spiro atoms. The van der Waals surface area contributed by atoms with Crippen LogP contribution in [0.5, 0.6) is 0 Å². The van der Waals surface area contributed by atoms with Gasteiger partial charge in [0, 0.05) is 6.42 Å². The van der Waals surface area contributed by atoms with E-state index in [1.165, 1.54) is 0 Å². The Hall–Kier alpha value is -2.17. The molecule has 0 bridgehead atoms. The molecule has 0 N–H and O–H groups in total. The van der Waals surface area contributed by atoms with Gasteiger partial charge in [-0.3, -0.25) is 14.4 Å². The normalized spacial score (nSPS) is 12.6. The summed E-state index contributed by atoms with van der Waals surface area (Å²) >= 11 is 0. The highest BCUT2D eigenvalue weighted by Crippen LogP contribution is 2.20. The van der Waals surface area contributed by atoms with Gasteiger partial charge >= 0.3 is 11.9 Å². The molecule has 5 nitrogen and oxygen atoms in total. The number of esters is 2. The van der Waals surface area contributed by atoms with Crippen LogP contribution in [0.3, 0.4) is 0 Å². The zero-order chi connectivity index (χ0) is 19.0. The van der Waals surface area contributed by atoms with E-state index in [4.69, 9.17) is 9.47 Å². The van der Waals surface area contributed by atoms with E-state index in [9.17, 15) is 14.4 Å². The predicted molar refractivity (Wildman–Crippen MR) is 94.7 cm³/mol. The minimum atomic E-state index is -0.635. The van der Waals surface area contributed by atoms with Gasteiger partial charge in [0.2, 0.25) is 0 Å². The Bertz CT molecular complexity index is 584. The van der Waals surface area contributed by atoms with Crippen LogP contribution in [-0.4, -0.2) is 23.3 Å². The molecule has 1 atom stereocenters. The summed E-state index contributed by atoms with van der Waals surface area (Å²) in [5.41, 5.74) is 0.252. The zero-order valence-corrected chi connectivity index (χ0v) is 15.7. The van der Waals surface area contributed by atoms with Gasteiger partial charge in [-0.1, -0.05) is 44.2 Å². The average Bonchev–Trinajstić information content (AvgIpc) is 2.49. The molecule has 0 fully saturated rings. The molecule has 25 heavy (non-hydrogen) atoms. The van der Waals surface area contributed by atoms with Crippen LogP contribution >= 0.6 is 0 Å². The Balaban J connectivity index is 2.56. The van der Waals surface area contributed by atoms with E-state index in [1.807, 2.05) is 44.2 Å². The molecule has 0 heterocycles. The number of rotatable bonds is 8. The number of Topliss-reactive ketones (excluding diaryl/α,β-unsaturated/α-hetero) is 1. The van der Waals surface area contributed by atoms with Crippen LogP contribution in [0.1, 0.15) is 53.0 Å². The maximum Gasteiger partial charge on any atom is 0.313 e. The molecule has 0 aliphatic rings. The SMILES string of the molecule is CC(C)[C@H](CC(=O)CC(=O)OC(C)(C)C)C(=O)OCc1ccccc1. The first-order valence-corrected chi connectivity index (χ1v) is 8.52. The third-order valence-corrected chi connectivity index (χ3v) is 3.54. The van der Waals surface area contributed by atoms with Crippen molar-refractivity contribution in [1.82, 2.24) is 0 Å². The number of hydrogen-bond acceptors (Lipinski definition) is 5. The quantitative estimate of drug-likeness (QED) is 0.529. The molecule has 5 heteroatoms. The smallest absolute Gasteiger partial charge is 0.313 e. The fourth-order valence-electron chi connectivity index (χ4n) is 2.28. The highest BCUT2D eigenvalue weighted by atomic mass is 16.6. The van der Waals surface area contributed by atoms with Crippen LogP contribution in [-0.2, 0) is 30.5 Å². The van der Waals surface area contributed by atoms with Gasteiger partial charge in [-0.25, -0.2) is 0 Å². The van der Waals surface area contributed by atoms with Gasteiger partial charge in [-0.05, 0) is 32.3 Å².